The highest BCUT2D eigenvalue weighted by atomic mass is 16.1. The lowest BCUT2D eigenvalue weighted by molar-refractivity contribution is 0.0938. The molecule has 0 heterocycles. The van der Waals surface area contributed by atoms with Gasteiger partial charge in [-0.15, -0.1) is 0 Å². The maximum Gasteiger partial charge on any atom is 0.251 e. The Labute approximate surface area is 123 Å². The largest absolute Gasteiger partial charge is 0.351 e. The van der Waals surface area contributed by atoms with Gasteiger partial charge in [0.1, 0.15) is 0 Å². The van der Waals surface area contributed by atoms with Gasteiger partial charge >= 0.3 is 0 Å². The van der Waals surface area contributed by atoms with E-state index in [1.165, 1.54) is 0 Å². The molecule has 0 fully saturated rings. The molecule has 0 aliphatic rings. The lowest BCUT2D eigenvalue weighted by atomic mass is 10.1. The molecule has 1 N–H and O–H groups in total. The molecule has 0 saturated carbocycles. The smallest absolute Gasteiger partial charge is 0.251 e. The second-order valence-electron chi connectivity index (χ2n) is 6.00. The number of hydrogen-bond donors (Lipinski definition) is 1. The molecule has 20 heavy (non-hydrogen) atoms. The molecule has 0 aliphatic carbocycles. The van der Waals surface area contributed by atoms with Crippen LogP contribution in [0.5, 0.6) is 0 Å². The van der Waals surface area contributed by atoms with E-state index in [9.17, 15) is 4.79 Å². The molecular formula is C17H28N2O. The fourth-order valence-corrected chi connectivity index (χ4v) is 2.49. The zero-order valence-corrected chi connectivity index (χ0v) is 13.7. The summed E-state index contributed by atoms with van der Waals surface area (Å²) in [5.74, 6) is 0.0265. The van der Waals surface area contributed by atoms with E-state index in [0.29, 0.717) is 18.6 Å². The van der Waals surface area contributed by atoms with Gasteiger partial charge in [0, 0.05) is 30.7 Å². The number of hydrogen-bond acceptors (Lipinski definition) is 2. The summed E-state index contributed by atoms with van der Waals surface area (Å²) >= 11 is 0. The monoisotopic (exact) mass is 276 g/mol. The van der Waals surface area contributed by atoms with E-state index < -0.39 is 0 Å². The summed E-state index contributed by atoms with van der Waals surface area (Å²) in [6.07, 6.45) is 0. The van der Waals surface area contributed by atoms with Gasteiger partial charge in [0.05, 0.1) is 0 Å². The predicted molar refractivity (Wildman–Crippen MR) is 85.2 cm³/mol. The highest BCUT2D eigenvalue weighted by Gasteiger charge is 2.14. The molecule has 0 bridgehead atoms. The Balaban J connectivity index is 2.57. The molecule has 3 heteroatoms. The molecule has 0 aromatic heterocycles. The van der Waals surface area contributed by atoms with Gasteiger partial charge in [-0.25, -0.2) is 0 Å². The van der Waals surface area contributed by atoms with Crippen LogP contribution in [-0.2, 0) is 0 Å². The number of aryl methyl sites for hydroxylation is 2. The third-order valence-corrected chi connectivity index (χ3v) is 3.62. The molecule has 0 unspecified atom stereocenters. The van der Waals surface area contributed by atoms with Crippen LogP contribution in [0.25, 0.3) is 0 Å². The topological polar surface area (TPSA) is 32.3 Å². The molecule has 0 atom stereocenters. The van der Waals surface area contributed by atoms with Gasteiger partial charge in [-0.2, -0.15) is 0 Å². The zero-order chi connectivity index (χ0) is 15.3. The molecule has 0 saturated heterocycles. The van der Waals surface area contributed by atoms with Gasteiger partial charge in [-0.3, -0.25) is 9.69 Å². The van der Waals surface area contributed by atoms with E-state index in [0.717, 1.165) is 23.2 Å². The zero-order valence-electron chi connectivity index (χ0n) is 13.7. The molecule has 0 radical (unpaired) electrons. The SMILES string of the molecule is Cc1ccc(C)c(C(=O)NCCN(C(C)C)C(C)C)c1. The average molecular weight is 276 g/mol. The van der Waals surface area contributed by atoms with Crippen LogP contribution in [0.4, 0.5) is 0 Å². The highest BCUT2D eigenvalue weighted by molar-refractivity contribution is 5.95. The number of carbonyl (C=O) groups is 1. The Morgan fingerprint density at radius 3 is 2.30 bits per heavy atom. The minimum atomic E-state index is 0.0265. The quantitative estimate of drug-likeness (QED) is 0.865. The summed E-state index contributed by atoms with van der Waals surface area (Å²) in [5, 5.41) is 3.03. The fraction of sp³-hybridized carbons (Fsp3) is 0.588. The van der Waals surface area contributed by atoms with Crippen molar-refractivity contribution in [2.45, 2.75) is 53.6 Å². The van der Waals surface area contributed by atoms with Gasteiger partial charge in [0.15, 0.2) is 0 Å². The van der Waals surface area contributed by atoms with E-state index in [1.807, 2.05) is 32.0 Å². The summed E-state index contributed by atoms with van der Waals surface area (Å²) < 4.78 is 0. The first kappa shape index (κ1) is 16.7. The van der Waals surface area contributed by atoms with Crippen molar-refractivity contribution in [1.29, 1.82) is 0 Å². The summed E-state index contributed by atoms with van der Waals surface area (Å²) in [6.45, 7) is 14.3. The Kier molecular flexibility index (Phi) is 6.21. The minimum absolute atomic E-state index is 0.0265. The number of rotatable bonds is 6. The summed E-state index contributed by atoms with van der Waals surface area (Å²) in [5.41, 5.74) is 2.93. The van der Waals surface area contributed by atoms with E-state index in [4.69, 9.17) is 0 Å². The Morgan fingerprint density at radius 1 is 1.15 bits per heavy atom. The van der Waals surface area contributed by atoms with Crippen molar-refractivity contribution in [3.8, 4) is 0 Å². The molecule has 1 aromatic rings. The molecule has 1 rings (SSSR count). The second-order valence-corrected chi connectivity index (χ2v) is 6.00. The lowest BCUT2D eigenvalue weighted by Crippen LogP contribution is -2.42. The Hall–Kier alpha value is -1.35. The summed E-state index contributed by atoms with van der Waals surface area (Å²) in [7, 11) is 0. The fourth-order valence-electron chi connectivity index (χ4n) is 2.49. The van der Waals surface area contributed by atoms with Crippen LogP contribution in [0.15, 0.2) is 18.2 Å². The molecule has 0 aliphatic heterocycles. The first-order valence-electron chi connectivity index (χ1n) is 7.44. The standard InChI is InChI=1S/C17H28N2O/c1-12(2)19(13(3)4)10-9-18-17(20)16-11-14(5)7-8-15(16)6/h7-8,11-13H,9-10H2,1-6H3,(H,18,20). The van der Waals surface area contributed by atoms with Crippen molar-refractivity contribution < 1.29 is 4.79 Å². The van der Waals surface area contributed by atoms with Gasteiger partial charge in [0.2, 0.25) is 0 Å². The number of benzene rings is 1. The molecular weight excluding hydrogens is 248 g/mol. The number of nitrogens with zero attached hydrogens (tertiary/aromatic N) is 1. The van der Waals surface area contributed by atoms with Crippen LogP contribution in [-0.4, -0.2) is 36.0 Å². The van der Waals surface area contributed by atoms with Crippen LogP contribution in [0.2, 0.25) is 0 Å². The van der Waals surface area contributed by atoms with Crippen LogP contribution in [0.3, 0.4) is 0 Å². The van der Waals surface area contributed by atoms with Gasteiger partial charge in [0.25, 0.3) is 5.91 Å². The first-order valence-corrected chi connectivity index (χ1v) is 7.44. The third kappa shape index (κ3) is 4.64. The highest BCUT2D eigenvalue weighted by Crippen LogP contribution is 2.10. The van der Waals surface area contributed by atoms with Crippen LogP contribution in [0.1, 0.15) is 49.2 Å². The van der Waals surface area contributed by atoms with E-state index in [-0.39, 0.29) is 5.91 Å². The number of carbonyl (C=O) groups excluding carboxylic acids is 1. The lowest BCUT2D eigenvalue weighted by Gasteiger charge is -2.30. The van der Waals surface area contributed by atoms with Crippen molar-refractivity contribution in [2.75, 3.05) is 13.1 Å². The van der Waals surface area contributed by atoms with E-state index in [1.54, 1.807) is 0 Å². The van der Waals surface area contributed by atoms with Crippen molar-refractivity contribution >= 4 is 5.91 Å². The van der Waals surface area contributed by atoms with Crippen molar-refractivity contribution in [3.63, 3.8) is 0 Å². The first-order chi connectivity index (χ1) is 9.32. The normalized spacial score (nSPS) is 11.4. The molecule has 1 aromatic carbocycles. The van der Waals surface area contributed by atoms with Gasteiger partial charge < -0.3 is 5.32 Å². The average Bonchev–Trinajstić information content (AvgIpc) is 2.36. The van der Waals surface area contributed by atoms with Crippen LogP contribution in [0, 0.1) is 13.8 Å². The van der Waals surface area contributed by atoms with Gasteiger partial charge in [-0.05, 0) is 53.2 Å². The van der Waals surface area contributed by atoms with Crippen LogP contribution >= 0.6 is 0 Å². The molecule has 3 nitrogen and oxygen atoms in total. The summed E-state index contributed by atoms with van der Waals surface area (Å²) in [6, 6.07) is 6.97. The second kappa shape index (κ2) is 7.44. The van der Waals surface area contributed by atoms with Crippen molar-refractivity contribution in [2.24, 2.45) is 0 Å². The van der Waals surface area contributed by atoms with Gasteiger partial charge in [-0.1, -0.05) is 17.7 Å². The molecule has 1 amide bonds. The van der Waals surface area contributed by atoms with E-state index >= 15 is 0 Å². The number of amides is 1. The third-order valence-electron chi connectivity index (χ3n) is 3.62. The maximum atomic E-state index is 12.2. The van der Waals surface area contributed by atoms with Crippen molar-refractivity contribution in [3.05, 3.63) is 34.9 Å². The molecule has 0 spiro atoms. The van der Waals surface area contributed by atoms with Crippen molar-refractivity contribution in [1.82, 2.24) is 10.2 Å². The Morgan fingerprint density at radius 2 is 1.75 bits per heavy atom. The Bertz CT molecular complexity index is 444. The predicted octanol–water partition coefficient (Wildman–Crippen LogP) is 3.15. The summed E-state index contributed by atoms with van der Waals surface area (Å²) in [4.78, 5) is 14.6. The molecule has 112 valence electrons. The number of nitrogens with one attached hydrogen (secondary N) is 1. The van der Waals surface area contributed by atoms with Crippen LogP contribution < -0.4 is 5.32 Å². The maximum absolute atomic E-state index is 12.2. The minimum Gasteiger partial charge on any atom is -0.351 e. The van der Waals surface area contributed by atoms with E-state index in [2.05, 4.69) is 37.9 Å².